The van der Waals surface area contributed by atoms with Crippen LogP contribution < -0.4 is 5.32 Å². The van der Waals surface area contributed by atoms with Crippen molar-refractivity contribution in [3.05, 3.63) is 70.6 Å². The second-order valence-corrected chi connectivity index (χ2v) is 9.92. The first-order chi connectivity index (χ1) is 18.9. The number of hydrogen-bond donors (Lipinski definition) is 3. The number of nitrogens with one attached hydrogen (secondary N) is 3. The third kappa shape index (κ3) is 5.91. The summed E-state index contributed by atoms with van der Waals surface area (Å²) in [6, 6.07) is 12.9. The van der Waals surface area contributed by atoms with E-state index in [0.717, 1.165) is 30.1 Å². The van der Waals surface area contributed by atoms with E-state index in [1.54, 1.807) is 23.1 Å². The molecule has 0 unspecified atom stereocenters. The Bertz CT molecular complexity index is 1440. The summed E-state index contributed by atoms with van der Waals surface area (Å²) >= 11 is 6.26. The molecule has 1 aromatic heterocycles. The molecule has 1 saturated heterocycles. The molecule has 200 valence electrons. The number of nitrogens with zero attached hydrogens (tertiary/aromatic N) is 4. The highest BCUT2D eigenvalue weighted by Crippen LogP contribution is 2.28. The van der Waals surface area contributed by atoms with Crippen LogP contribution in [0.1, 0.15) is 29.9 Å². The van der Waals surface area contributed by atoms with Crippen molar-refractivity contribution >= 4 is 47.2 Å². The van der Waals surface area contributed by atoms with E-state index in [0.29, 0.717) is 54.2 Å². The molecule has 0 saturated carbocycles. The zero-order chi connectivity index (χ0) is 27.4. The molecule has 3 aromatic rings. The number of para-hydroxylation sites is 1. The molecule has 3 amide bonds. The van der Waals surface area contributed by atoms with Crippen molar-refractivity contribution in [3.8, 4) is 11.5 Å². The summed E-state index contributed by atoms with van der Waals surface area (Å²) in [7, 11) is 0. The number of amides is 3. The summed E-state index contributed by atoms with van der Waals surface area (Å²) in [4.78, 5) is 29.5. The van der Waals surface area contributed by atoms with Crippen LogP contribution in [0, 0.1) is 10.8 Å². The molecular formula is C28H28ClN7O3. The van der Waals surface area contributed by atoms with Crippen LogP contribution in [0.3, 0.4) is 0 Å². The largest absolute Gasteiger partial charge is 0.420 e. The van der Waals surface area contributed by atoms with Gasteiger partial charge in [0, 0.05) is 60.0 Å². The molecule has 3 heterocycles. The van der Waals surface area contributed by atoms with E-state index in [1.807, 2.05) is 29.2 Å². The molecule has 0 bridgehead atoms. The van der Waals surface area contributed by atoms with Crippen molar-refractivity contribution in [3.63, 3.8) is 0 Å². The van der Waals surface area contributed by atoms with Gasteiger partial charge in [-0.25, -0.2) is 4.79 Å². The lowest BCUT2D eigenvalue weighted by atomic mass is 10.0. The Hall–Kier alpha value is -4.31. The number of benzene rings is 2. The molecule has 2 aromatic carbocycles. The average Bonchev–Trinajstić information content (AvgIpc) is 3.34. The van der Waals surface area contributed by atoms with Crippen molar-refractivity contribution in [2.75, 3.05) is 25.0 Å². The highest BCUT2D eigenvalue weighted by molar-refractivity contribution is 6.31. The third-order valence-corrected chi connectivity index (χ3v) is 7.28. The van der Waals surface area contributed by atoms with E-state index in [-0.39, 0.29) is 36.2 Å². The van der Waals surface area contributed by atoms with E-state index < -0.39 is 0 Å². The zero-order valence-corrected chi connectivity index (χ0v) is 21.9. The van der Waals surface area contributed by atoms with Gasteiger partial charge in [0.1, 0.15) is 6.42 Å². The van der Waals surface area contributed by atoms with E-state index in [9.17, 15) is 9.59 Å². The fourth-order valence-electron chi connectivity index (χ4n) is 5.05. The number of aromatic nitrogens is 2. The predicted molar refractivity (Wildman–Crippen MR) is 149 cm³/mol. The van der Waals surface area contributed by atoms with Crippen LogP contribution in [-0.2, 0) is 17.6 Å². The molecule has 2 aliphatic heterocycles. The van der Waals surface area contributed by atoms with Crippen LogP contribution in [0.2, 0.25) is 5.02 Å². The molecule has 10 nitrogen and oxygen atoms in total. The first-order valence-corrected chi connectivity index (χ1v) is 13.1. The Kier molecular flexibility index (Phi) is 7.83. The van der Waals surface area contributed by atoms with Gasteiger partial charge < -0.3 is 30.4 Å². The predicted octanol–water partition coefficient (Wildman–Crippen LogP) is 4.70. The molecule has 0 atom stereocenters. The van der Waals surface area contributed by atoms with Gasteiger partial charge in [0.05, 0.1) is 0 Å². The summed E-state index contributed by atoms with van der Waals surface area (Å²) in [5, 5.41) is 26.4. The number of urea groups is 1. The number of halogens is 1. The first kappa shape index (κ1) is 26.3. The highest BCUT2D eigenvalue weighted by atomic mass is 35.5. The summed E-state index contributed by atoms with van der Waals surface area (Å²) in [5.41, 5.74) is 3.70. The summed E-state index contributed by atoms with van der Waals surface area (Å²) < 4.78 is 5.78. The number of piperidine rings is 1. The smallest absolute Gasteiger partial charge is 0.322 e. The molecule has 0 aliphatic carbocycles. The van der Waals surface area contributed by atoms with Crippen LogP contribution >= 0.6 is 11.6 Å². The van der Waals surface area contributed by atoms with Gasteiger partial charge in [-0.1, -0.05) is 29.8 Å². The minimum atomic E-state index is -0.108. The molecular weight excluding hydrogens is 518 g/mol. The minimum Gasteiger partial charge on any atom is -0.420 e. The number of allylic oxidation sites excluding steroid dienone is 2. The molecule has 2 aliphatic rings. The quantitative estimate of drug-likeness (QED) is 0.369. The number of carbonyl (C=O) groups excluding carboxylic acids is 2. The van der Waals surface area contributed by atoms with Crippen molar-refractivity contribution in [1.82, 2.24) is 20.0 Å². The topological polar surface area (TPSA) is 139 Å². The molecule has 39 heavy (non-hydrogen) atoms. The SMILES string of the molecule is N=C/C=C(\C=N)c1cc(Cl)cc(-c2nnc(CC(=O)N3CCC(N4CCc5ccccc5NC4=O)CC3)o2)c1. The lowest BCUT2D eigenvalue weighted by molar-refractivity contribution is -0.132. The Morgan fingerprint density at radius 3 is 2.69 bits per heavy atom. The van der Waals surface area contributed by atoms with Crippen LogP contribution in [0.15, 0.2) is 53.0 Å². The van der Waals surface area contributed by atoms with E-state index in [2.05, 4.69) is 15.5 Å². The summed E-state index contributed by atoms with van der Waals surface area (Å²) in [5.74, 6) is 0.307. The van der Waals surface area contributed by atoms with E-state index >= 15 is 0 Å². The second-order valence-electron chi connectivity index (χ2n) is 9.48. The Balaban J connectivity index is 1.19. The van der Waals surface area contributed by atoms with Crippen LogP contribution in [-0.4, -0.2) is 70.0 Å². The number of hydrogen-bond acceptors (Lipinski definition) is 7. The normalized spacial score (nSPS) is 16.3. The van der Waals surface area contributed by atoms with Crippen LogP contribution in [0.5, 0.6) is 0 Å². The van der Waals surface area contributed by atoms with Crippen molar-refractivity contribution < 1.29 is 14.0 Å². The van der Waals surface area contributed by atoms with Crippen molar-refractivity contribution in [1.29, 1.82) is 10.8 Å². The maximum Gasteiger partial charge on any atom is 0.322 e. The monoisotopic (exact) mass is 545 g/mol. The fourth-order valence-corrected chi connectivity index (χ4v) is 5.28. The van der Waals surface area contributed by atoms with E-state index in [1.165, 1.54) is 6.08 Å². The van der Waals surface area contributed by atoms with Gasteiger partial charge in [0.15, 0.2) is 0 Å². The van der Waals surface area contributed by atoms with Crippen LogP contribution in [0.4, 0.5) is 10.5 Å². The molecule has 3 N–H and O–H groups in total. The number of anilines is 1. The van der Waals surface area contributed by atoms with Crippen molar-refractivity contribution in [2.45, 2.75) is 31.7 Å². The number of likely N-dealkylation sites (tertiary alicyclic amines) is 1. The van der Waals surface area contributed by atoms with E-state index in [4.69, 9.17) is 26.8 Å². The van der Waals surface area contributed by atoms with Gasteiger partial charge in [0.25, 0.3) is 0 Å². The van der Waals surface area contributed by atoms with Gasteiger partial charge in [-0.15, -0.1) is 10.2 Å². The maximum atomic E-state index is 13.0. The van der Waals surface area contributed by atoms with Gasteiger partial charge in [-0.05, 0) is 60.7 Å². The number of fused-ring (bicyclic) bond motifs is 1. The van der Waals surface area contributed by atoms with Crippen LogP contribution in [0.25, 0.3) is 17.0 Å². The zero-order valence-electron chi connectivity index (χ0n) is 21.2. The average molecular weight is 546 g/mol. The standard InChI is InChI=1S/C28H28ClN7O3/c29-22-14-20(19(17-31)5-9-30)13-21(15-22)27-34-33-25(39-27)16-26(37)35-10-7-23(8-11-35)36-12-6-18-3-1-2-4-24(18)32-28(36)38/h1-5,9,13-15,17,23,30-31H,6-8,10-12,16H2,(H,32,38)/b19-5+,30-9?,31-17?. The molecule has 5 rings (SSSR count). The Labute approximate surface area is 230 Å². The minimum absolute atomic E-state index is 0.0238. The summed E-state index contributed by atoms with van der Waals surface area (Å²) in [6.45, 7) is 1.74. The Morgan fingerprint density at radius 1 is 1.13 bits per heavy atom. The number of carbonyl (C=O) groups is 2. The third-order valence-electron chi connectivity index (χ3n) is 7.07. The second kappa shape index (κ2) is 11.6. The first-order valence-electron chi connectivity index (χ1n) is 12.7. The van der Waals surface area contributed by atoms with Crippen molar-refractivity contribution in [2.24, 2.45) is 0 Å². The Morgan fingerprint density at radius 2 is 1.92 bits per heavy atom. The molecule has 0 spiro atoms. The fraction of sp³-hybridized carbons (Fsp3) is 0.286. The van der Waals surface area contributed by atoms with Gasteiger partial charge >= 0.3 is 6.03 Å². The molecule has 1 fully saturated rings. The maximum absolute atomic E-state index is 13.0. The lowest BCUT2D eigenvalue weighted by Gasteiger charge is -2.37. The summed E-state index contributed by atoms with van der Waals surface area (Å²) in [6.07, 6.45) is 5.90. The van der Waals surface area contributed by atoms with Gasteiger partial charge in [0.2, 0.25) is 17.7 Å². The molecule has 0 radical (unpaired) electrons. The molecule has 11 heteroatoms. The highest BCUT2D eigenvalue weighted by Gasteiger charge is 2.31. The van der Waals surface area contributed by atoms with Gasteiger partial charge in [-0.3, -0.25) is 4.79 Å². The number of rotatable bonds is 7. The lowest BCUT2D eigenvalue weighted by Crippen LogP contribution is -2.50. The van der Waals surface area contributed by atoms with Gasteiger partial charge in [-0.2, -0.15) is 0 Å².